The Morgan fingerprint density at radius 2 is 0.667 bits per heavy atom. The van der Waals surface area contributed by atoms with Crippen molar-refractivity contribution in [3.05, 3.63) is 0 Å². The molecule has 4 aliphatic rings. The summed E-state index contributed by atoms with van der Waals surface area (Å²) in [5.74, 6) is 0. The molecule has 0 spiro atoms. The van der Waals surface area contributed by atoms with Gasteiger partial charge < -0.3 is 80.8 Å². The van der Waals surface area contributed by atoms with Crippen LogP contribution < -0.4 is 21.3 Å². The summed E-state index contributed by atoms with van der Waals surface area (Å²) in [6.07, 6.45) is 9.45. The van der Waals surface area contributed by atoms with Crippen LogP contribution in [0.15, 0.2) is 0 Å². The van der Waals surface area contributed by atoms with Crippen molar-refractivity contribution in [1.29, 1.82) is 0 Å². The molecular formula is C22H40CuN6S4. The number of hydrogen-bond acceptors (Lipinski definition) is 8. The van der Waals surface area contributed by atoms with Crippen molar-refractivity contribution in [2.75, 3.05) is 52.4 Å². The van der Waals surface area contributed by atoms with Crippen LogP contribution in [0.1, 0.15) is 51.4 Å². The number of nitrogens with one attached hydrogen (secondary N) is 4. The smallest absolute Gasteiger partial charge is 0.411 e. The molecule has 0 aromatic carbocycles. The molecule has 33 heavy (non-hydrogen) atoms. The fraction of sp³-hybridized carbons (Fsp3) is 0.909. The van der Waals surface area contributed by atoms with Gasteiger partial charge in [-0.2, -0.15) is 0 Å². The van der Waals surface area contributed by atoms with Gasteiger partial charge in [-0.25, -0.2) is 0 Å². The van der Waals surface area contributed by atoms with Crippen LogP contribution in [0.4, 0.5) is 0 Å². The summed E-state index contributed by atoms with van der Waals surface area (Å²) in [5.41, 5.74) is 0. The van der Waals surface area contributed by atoms with Gasteiger partial charge >= 0.3 is 17.1 Å². The summed E-state index contributed by atoms with van der Waals surface area (Å²) < 4.78 is 1.36. The molecule has 0 aromatic rings. The Hall–Kier alpha value is 0.579. The summed E-state index contributed by atoms with van der Waals surface area (Å²) in [5, 5.41) is 13.6. The second-order valence-electron chi connectivity index (χ2n) is 9.27. The zero-order valence-electron chi connectivity index (χ0n) is 19.5. The second-order valence-corrected chi connectivity index (χ2v) is 11.3. The fourth-order valence-corrected chi connectivity index (χ4v) is 6.72. The van der Waals surface area contributed by atoms with Crippen LogP contribution >= 0.6 is 24.4 Å². The molecule has 6 nitrogen and oxygen atoms in total. The Bertz CT molecular complexity index is 491. The zero-order chi connectivity index (χ0) is 22.8. The third-order valence-corrected chi connectivity index (χ3v) is 8.07. The van der Waals surface area contributed by atoms with Gasteiger partial charge in [-0.3, -0.25) is 0 Å². The number of piperidine rings is 4. The van der Waals surface area contributed by atoms with Gasteiger partial charge in [0.1, 0.15) is 0 Å². The van der Waals surface area contributed by atoms with Crippen LogP contribution in [-0.2, 0) is 42.3 Å². The number of hydrogen-bond donors (Lipinski definition) is 4. The molecule has 4 rings (SSSR count). The van der Waals surface area contributed by atoms with Crippen LogP contribution in [0.5, 0.6) is 0 Å². The predicted octanol–water partition coefficient (Wildman–Crippen LogP) is 1.25. The molecule has 0 saturated carbocycles. The molecule has 0 unspecified atom stereocenters. The van der Waals surface area contributed by atoms with Crippen LogP contribution in [0.2, 0.25) is 0 Å². The predicted molar refractivity (Wildman–Crippen MR) is 147 cm³/mol. The first-order valence-electron chi connectivity index (χ1n) is 12.4. The molecule has 0 aromatic heterocycles. The summed E-state index contributed by atoms with van der Waals surface area (Å²) in [6, 6.07) is 2.31. The summed E-state index contributed by atoms with van der Waals surface area (Å²) in [6.45, 7) is 8.81. The Morgan fingerprint density at radius 3 is 0.818 bits per heavy atom. The zero-order valence-corrected chi connectivity index (χ0v) is 23.7. The normalized spacial score (nSPS) is 23.5. The molecule has 4 fully saturated rings. The van der Waals surface area contributed by atoms with Crippen molar-refractivity contribution in [2.24, 2.45) is 0 Å². The molecule has 0 bridgehead atoms. The van der Waals surface area contributed by atoms with Crippen LogP contribution in [0.3, 0.4) is 0 Å². The molecular weight excluding hydrogens is 540 g/mol. The van der Waals surface area contributed by atoms with E-state index in [1.165, 1.54) is 51.4 Å². The van der Waals surface area contributed by atoms with E-state index in [1.54, 1.807) is 0 Å². The van der Waals surface area contributed by atoms with Crippen LogP contribution in [0, 0.1) is 0 Å². The molecule has 1 radical (unpaired) electrons. The van der Waals surface area contributed by atoms with Gasteiger partial charge in [-0.05, 0) is 104 Å². The van der Waals surface area contributed by atoms with Gasteiger partial charge in [0.2, 0.25) is 0 Å². The maximum Gasteiger partial charge on any atom is 2.00 e. The Labute approximate surface area is 233 Å². The third kappa shape index (κ3) is 9.52. The van der Waals surface area contributed by atoms with Crippen molar-refractivity contribution in [2.45, 2.75) is 75.5 Å². The van der Waals surface area contributed by atoms with Gasteiger partial charge in [-0.15, -0.1) is 0 Å². The summed E-state index contributed by atoms with van der Waals surface area (Å²) >= 11 is 21.1. The van der Waals surface area contributed by atoms with Crippen LogP contribution in [-0.4, -0.2) is 95.0 Å². The van der Waals surface area contributed by atoms with E-state index in [1.807, 2.05) is 0 Å². The van der Waals surface area contributed by atoms with Crippen molar-refractivity contribution >= 4 is 58.3 Å². The van der Waals surface area contributed by atoms with E-state index in [-0.39, 0.29) is 17.1 Å². The minimum Gasteiger partial charge on any atom is -0.411 e. The Kier molecular flexibility index (Phi) is 14.8. The van der Waals surface area contributed by atoms with Gasteiger partial charge in [0.15, 0.2) is 0 Å². The molecule has 0 aliphatic carbocycles. The number of thiocarbonyl (C=S) groups is 2. The quantitative estimate of drug-likeness (QED) is 0.222. The first-order valence-corrected chi connectivity index (χ1v) is 14.0. The maximum absolute atomic E-state index is 5.28. The Balaban J connectivity index is 0.000000227. The average molecular weight is 580 g/mol. The number of rotatable bonds is 4. The van der Waals surface area contributed by atoms with Gasteiger partial charge in [0, 0.05) is 24.2 Å². The maximum atomic E-state index is 5.28. The fourth-order valence-electron chi connectivity index (χ4n) is 5.53. The second kappa shape index (κ2) is 16.3. The number of nitrogens with zero attached hydrogens (tertiary/aromatic N) is 2. The molecule has 193 valence electrons. The van der Waals surface area contributed by atoms with Crippen molar-refractivity contribution in [3.63, 3.8) is 0 Å². The van der Waals surface area contributed by atoms with Crippen molar-refractivity contribution < 1.29 is 17.1 Å². The molecule has 4 N–H and O–H groups in total. The molecule has 4 aliphatic heterocycles. The monoisotopic (exact) mass is 579 g/mol. The molecule has 0 amide bonds. The first kappa shape index (κ1) is 29.8. The van der Waals surface area contributed by atoms with E-state index < -0.39 is 0 Å². The standard InChI is InChI=1S/2C11H21N3S2.Cu/c2*15-11(16)14(9-1-5-12-6-2-9)10-3-7-13-8-4-10;/h2*9-10,12-13H,1-8H2,(H,15,16);/q;;+2/p-2. The van der Waals surface area contributed by atoms with Gasteiger partial charge in [-0.1, -0.05) is 8.64 Å². The van der Waals surface area contributed by atoms with E-state index >= 15 is 0 Å². The third-order valence-electron chi connectivity index (χ3n) is 7.23. The molecule has 11 heteroatoms. The van der Waals surface area contributed by atoms with Crippen LogP contribution in [0.25, 0.3) is 0 Å². The minimum absolute atomic E-state index is 0. The van der Waals surface area contributed by atoms with E-state index in [9.17, 15) is 0 Å². The van der Waals surface area contributed by atoms with E-state index in [0.717, 1.165) is 52.4 Å². The van der Waals surface area contributed by atoms with E-state index in [0.29, 0.717) is 32.8 Å². The minimum atomic E-state index is 0. The van der Waals surface area contributed by atoms with Crippen molar-refractivity contribution in [3.8, 4) is 0 Å². The largest absolute Gasteiger partial charge is 2.00 e. The topological polar surface area (TPSA) is 54.6 Å². The van der Waals surface area contributed by atoms with Gasteiger partial charge in [0.25, 0.3) is 0 Å². The molecule has 0 atom stereocenters. The molecule has 4 heterocycles. The summed E-state index contributed by atoms with van der Waals surface area (Å²) in [7, 11) is 0. The van der Waals surface area contributed by atoms with Gasteiger partial charge in [0.05, 0.1) is 0 Å². The SMILES string of the molecule is S=C([S-])N(C1CCNCC1)C1CCNCC1.S=C([S-])N(C1CCNCC1)C1CCNCC1.[Cu+2]. The van der Waals surface area contributed by atoms with E-state index in [2.05, 4.69) is 31.1 Å². The summed E-state index contributed by atoms with van der Waals surface area (Å²) in [4.78, 5) is 4.71. The first-order chi connectivity index (χ1) is 15.6. The van der Waals surface area contributed by atoms with E-state index in [4.69, 9.17) is 49.7 Å². The average Bonchev–Trinajstić information content (AvgIpc) is 2.82. The van der Waals surface area contributed by atoms with Crippen molar-refractivity contribution in [1.82, 2.24) is 31.1 Å². The Morgan fingerprint density at radius 1 is 0.485 bits per heavy atom. The molecule has 4 saturated heterocycles.